The molecule has 1 N–H and O–H groups in total. The summed E-state index contributed by atoms with van der Waals surface area (Å²) < 4.78 is 41.6. The summed E-state index contributed by atoms with van der Waals surface area (Å²) in [5.74, 6) is 0.420. The lowest BCUT2D eigenvalue weighted by molar-refractivity contribution is -0.136. The van der Waals surface area contributed by atoms with Gasteiger partial charge in [0.05, 0.1) is 6.61 Å². The number of nitrogens with zero attached hydrogens (tertiary/aromatic N) is 1. The Kier molecular flexibility index (Phi) is 5.45. The van der Waals surface area contributed by atoms with Gasteiger partial charge in [-0.15, -0.1) is 0 Å². The second-order valence-electron chi connectivity index (χ2n) is 5.38. The third kappa shape index (κ3) is 6.33. The molecule has 0 atom stereocenters. The summed E-state index contributed by atoms with van der Waals surface area (Å²) in [4.78, 5) is 4.30. The molecule has 6 heteroatoms. The highest BCUT2D eigenvalue weighted by molar-refractivity contribution is 5.25. The summed E-state index contributed by atoms with van der Waals surface area (Å²) >= 11 is 0. The van der Waals surface area contributed by atoms with Crippen LogP contribution in [0.5, 0.6) is 5.88 Å². The molecule has 1 saturated carbocycles. The van der Waals surface area contributed by atoms with Crippen LogP contribution in [0.2, 0.25) is 0 Å². The van der Waals surface area contributed by atoms with Gasteiger partial charge in [0.25, 0.3) is 0 Å². The molecule has 21 heavy (non-hydrogen) atoms. The van der Waals surface area contributed by atoms with Crippen molar-refractivity contribution in [2.45, 2.75) is 57.8 Å². The third-order valence-electron chi connectivity index (χ3n) is 3.30. The van der Waals surface area contributed by atoms with Gasteiger partial charge < -0.3 is 10.1 Å². The van der Waals surface area contributed by atoms with Gasteiger partial charge in [-0.1, -0.05) is 6.92 Å². The summed E-state index contributed by atoms with van der Waals surface area (Å²) in [6, 6.07) is 4.43. The summed E-state index contributed by atoms with van der Waals surface area (Å²) in [5, 5.41) is 3.41. The van der Waals surface area contributed by atoms with E-state index in [0.29, 0.717) is 11.9 Å². The van der Waals surface area contributed by atoms with Gasteiger partial charge in [-0.3, -0.25) is 0 Å². The van der Waals surface area contributed by atoms with Crippen molar-refractivity contribution in [2.75, 3.05) is 6.61 Å². The molecule has 0 aliphatic heterocycles. The Labute approximate surface area is 122 Å². The molecule has 0 bridgehead atoms. The van der Waals surface area contributed by atoms with Crippen LogP contribution in [-0.4, -0.2) is 23.8 Å². The first-order chi connectivity index (χ1) is 9.96. The number of hydrogen-bond acceptors (Lipinski definition) is 3. The average molecular weight is 302 g/mol. The van der Waals surface area contributed by atoms with Crippen LogP contribution in [0.1, 0.15) is 43.9 Å². The van der Waals surface area contributed by atoms with Crippen molar-refractivity contribution in [2.24, 2.45) is 0 Å². The molecule has 3 nitrogen and oxygen atoms in total. The molecular weight excluding hydrogens is 281 g/mol. The van der Waals surface area contributed by atoms with Gasteiger partial charge in [-0.25, -0.2) is 4.98 Å². The standard InChI is InChI=1S/C15H21F3N2O/c1-2-12-8-11(10-19-13-4-5-13)9-14(20-12)21-7-3-6-15(16,17)18/h8-9,13,19H,2-7,10H2,1H3. The van der Waals surface area contributed by atoms with Crippen molar-refractivity contribution < 1.29 is 17.9 Å². The maximum absolute atomic E-state index is 12.1. The molecule has 1 aliphatic rings. The fourth-order valence-electron chi connectivity index (χ4n) is 1.98. The molecule has 1 heterocycles. The molecule has 1 fully saturated rings. The van der Waals surface area contributed by atoms with E-state index in [2.05, 4.69) is 10.3 Å². The van der Waals surface area contributed by atoms with Crippen molar-refractivity contribution in [1.29, 1.82) is 0 Å². The number of pyridine rings is 1. The van der Waals surface area contributed by atoms with E-state index in [4.69, 9.17) is 4.74 Å². The van der Waals surface area contributed by atoms with Crippen LogP contribution in [0, 0.1) is 0 Å². The number of ether oxygens (including phenoxy) is 1. The number of halogens is 3. The van der Waals surface area contributed by atoms with E-state index in [0.717, 1.165) is 24.2 Å². The highest BCUT2D eigenvalue weighted by atomic mass is 19.4. The molecule has 1 aliphatic carbocycles. The Morgan fingerprint density at radius 2 is 2.10 bits per heavy atom. The van der Waals surface area contributed by atoms with Crippen LogP contribution in [0.3, 0.4) is 0 Å². The zero-order valence-electron chi connectivity index (χ0n) is 12.2. The second kappa shape index (κ2) is 7.11. The highest BCUT2D eigenvalue weighted by Crippen LogP contribution is 2.22. The first-order valence-electron chi connectivity index (χ1n) is 7.39. The molecule has 0 unspecified atom stereocenters. The lowest BCUT2D eigenvalue weighted by atomic mass is 10.2. The largest absolute Gasteiger partial charge is 0.478 e. The number of alkyl halides is 3. The Bertz CT molecular complexity index is 459. The Morgan fingerprint density at radius 3 is 2.71 bits per heavy atom. The molecule has 0 aromatic carbocycles. The van der Waals surface area contributed by atoms with Crippen LogP contribution >= 0.6 is 0 Å². The number of aromatic nitrogens is 1. The van der Waals surface area contributed by atoms with E-state index in [1.54, 1.807) is 0 Å². The zero-order valence-corrected chi connectivity index (χ0v) is 12.2. The van der Waals surface area contributed by atoms with E-state index in [1.807, 2.05) is 19.1 Å². The minimum absolute atomic E-state index is 0.0369. The van der Waals surface area contributed by atoms with Gasteiger partial charge in [0, 0.05) is 30.8 Å². The lowest BCUT2D eigenvalue weighted by Crippen LogP contribution is -2.16. The molecule has 0 radical (unpaired) electrons. The minimum atomic E-state index is -4.12. The molecule has 2 rings (SSSR count). The van der Waals surface area contributed by atoms with Gasteiger partial charge in [0.1, 0.15) is 0 Å². The molecule has 1 aromatic rings. The van der Waals surface area contributed by atoms with Crippen molar-refractivity contribution in [1.82, 2.24) is 10.3 Å². The van der Waals surface area contributed by atoms with Gasteiger partial charge in [0.15, 0.2) is 0 Å². The molecular formula is C15H21F3N2O. The summed E-state index contributed by atoms with van der Waals surface area (Å²) in [6.07, 6.45) is -1.79. The molecule has 0 spiro atoms. The number of aryl methyl sites for hydroxylation is 1. The van der Waals surface area contributed by atoms with Crippen molar-refractivity contribution >= 4 is 0 Å². The fourth-order valence-corrected chi connectivity index (χ4v) is 1.98. The van der Waals surface area contributed by atoms with E-state index < -0.39 is 12.6 Å². The molecule has 118 valence electrons. The Hall–Kier alpha value is -1.30. The Balaban J connectivity index is 1.86. The predicted octanol–water partition coefficient (Wildman–Crippen LogP) is 3.62. The average Bonchev–Trinajstić information content (AvgIpc) is 3.24. The van der Waals surface area contributed by atoms with E-state index in [-0.39, 0.29) is 13.0 Å². The SMILES string of the molecule is CCc1cc(CNC2CC2)cc(OCCCC(F)(F)F)n1. The van der Waals surface area contributed by atoms with Crippen LogP contribution in [0.15, 0.2) is 12.1 Å². The molecule has 0 saturated heterocycles. The van der Waals surface area contributed by atoms with Crippen molar-refractivity contribution in [3.63, 3.8) is 0 Å². The third-order valence-corrected chi connectivity index (χ3v) is 3.30. The lowest BCUT2D eigenvalue weighted by Gasteiger charge is -2.11. The van der Waals surface area contributed by atoms with Crippen LogP contribution in [-0.2, 0) is 13.0 Å². The minimum Gasteiger partial charge on any atom is -0.478 e. The predicted molar refractivity (Wildman–Crippen MR) is 74.3 cm³/mol. The molecule has 0 amide bonds. The maximum Gasteiger partial charge on any atom is 0.389 e. The number of rotatable bonds is 8. The smallest absolute Gasteiger partial charge is 0.389 e. The van der Waals surface area contributed by atoms with Crippen LogP contribution in [0.4, 0.5) is 13.2 Å². The summed E-state index contributed by atoms with van der Waals surface area (Å²) in [7, 11) is 0. The van der Waals surface area contributed by atoms with E-state index in [1.165, 1.54) is 12.8 Å². The summed E-state index contributed by atoms with van der Waals surface area (Å²) in [5.41, 5.74) is 1.97. The Morgan fingerprint density at radius 1 is 1.33 bits per heavy atom. The maximum atomic E-state index is 12.1. The van der Waals surface area contributed by atoms with Crippen LogP contribution in [0.25, 0.3) is 0 Å². The topological polar surface area (TPSA) is 34.1 Å². The highest BCUT2D eigenvalue weighted by Gasteiger charge is 2.26. The quantitative estimate of drug-likeness (QED) is 0.745. The van der Waals surface area contributed by atoms with E-state index >= 15 is 0 Å². The van der Waals surface area contributed by atoms with Gasteiger partial charge in [-0.2, -0.15) is 13.2 Å². The number of hydrogen-bond donors (Lipinski definition) is 1. The zero-order chi connectivity index (χ0) is 15.3. The first-order valence-corrected chi connectivity index (χ1v) is 7.39. The normalized spacial score (nSPS) is 15.2. The molecule has 1 aromatic heterocycles. The summed E-state index contributed by atoms with van der Waals surface area (Å²) in [6.45, 7) is 2.78. The van der Waals surface area contributed by atoms with Crippen LogP contribution < -0.4 is 10.1 Å². The number of nitrogens with one attached hydrogen (secondary N) is 1. The monoisotopic (exact) mass is 302 g/mol. The second-order valence-corrected chi connectivity index (χ2v) is 5.38. The van der Waals surface area contributed by atoms with E-state index in [9.17, 15) is 13.2 Å². The van der Waals surface area contributed by atoms with Gasteiger partial charge >= 0.3 is 6.18 Å². The fraction of sp³-hybridized carbons (Fsp3) is 0.667. The van der Waals surface area contributed by atoms with Crippen molar-refractivity contribution in [3.05, 3.63) is 23.4 Å². The van der Waals surface area contributed by atoms with Gasteiger partial charge in [0.2, 0.25) is 5.88 Å². The van der Waals surface area contributed by atoms with Gasteiger partial charge in [-0.05, 0) is 37.3 Å². The first kappa shape index (κ1) is 16.1. The van der Waals surface area contributed by atoms with Crippen molar-refractivity contribution in [3.8, 4) is 5.88 Å².